The first kappa shape index (κ1) is 12.5. The number of aromatic nitrogens is 2. The molecule has 0 unspecified atom stereocenters. The number of halogens is 2. The number of aryl methyl sites for hydroxylation is 1. The lowest BCUT2D eigenvalue weighted by Gasteiger charge is -2.06. The number of hydrogen-bond acceptors (Lipinski definition) is 2. The highest BCUT2D eigenvalue weighted by Crippen LogP contribution is 2.23. The largest absolute Gasteiger partial charge is 0.305 e. The minimum absolute atomic E-state index is 0.0686. The van der Waals surface area contributed by atoms with Crippen LogP contribution < -0.4 is 0 Å². The third-order valence-electron chi connectivity index (χ3n) is 2.38. The molecule has 0 radical (unpaired) electrons. The van der Waals surface area contributed by atoms with Crippen LogP contribution in [0.4, 0.5) is 0 Å². The van der Waals surface area contributed by atoms with E-state index < -0.39 is 0 Å². The van der Waals surface area contributed by atoms with Gasteiger partial charge in [0.15, 0.2) is 5.78 Å². The van der Waals surface area contributed by atoms with E-state index in [1.165, 1.54) is 0 Å². The van der Waals surface area contributed by atoms with Crippen LogP contribution in [0.15, 0.2) is 35.2 Å². The molecule has 17 heavy (non-hydrogen) atoms. The molecule has 0 spiro atoms. The Balaban J connectivity index is 2.41. The van der Waals surface area contributed by atoms with Gasteiger partial charge < -0.3 is 4.57 Å². The van der Waals surface area contributed by atoms with Crippen LogP contribution >= 0.6 is 31.9 Å². The highest BCUT2D eigenvalue weighted by molar-refractivity contribution is 9.10. The second-order valence-electron chi connectivity index (χ2n) is 3.65. The van der Waals surface area contributed by atoms with Crippen LogP contribution in [-0.4, -0.2) is 20.7 Å². The van der Waals surface area contributed by atoms with Gasteiger partial charge in [0.2, 0.25) is 0 Å². The number of benzene rings is 1. The van der Waals surface area contributed by atoms with Crippen LogP contribution in [0.3, 0.4) is 0 Å². The summed E-state index contributed by atoms with van der Waals surface area (Å²) in [5.74, 6) is 0.0686. The number of ketones is 1. The summed E-state index contributed by atoms with van der Waals surface area (Å²) in [6.45, 7) is 1.94. The van der Waals surface area contributed by atoms with E-state index in [9.17, 15) is 4.79 Å². The average molecular weight is 358 g/mol. The van der Waals surface area contributed by atoms with Crippen LogP contribution in [0.2, 0.25) is 0 Å². The fourth-order valence-electron chi connectivity index (χ4n) is 1.52. The fraction of sp³-hybridized carbons (Fsp3) is 0.167. The molecule has 0 aliphatic carbocycles. The predicted molar refractivity (Wildman–Crippen MR) is 74.1 cm³/mol. The fourth-order valence-corrected chi connectivity index (χ4v) is 2.43. The molecule has 0 saturated carbocycles. The zero-order chi connectivity index (χ0) is 12.4. The van der Waals surface area contributed by atoms with Crippen molar-refractivity contribution in [2.45, 2.75) is 6.92 Å². The maximum absolute atomic E-state index is 11.5. The highest BCUT2D eigenvalue weighted by Gasteiger charge is 2.08. The van der Waals surface area contributed by atoms with E-state index in [1.807, 2.05) is 35.9 Å². The van der Waals surface area contributed by atoms with Crippen molar-refractivity contribution < 1.29 is 4.79 Å². The lowest BCUT2D eigenvalue weighted by atomic mass is 10.1. The molecule has 0 aliphatic heterocycles. The number of rotatable bonds is 3. The Bertz CT molecular complexity index is 563. The minimum atomic E-state index is 0.0686. The number of carbonyl (C=O) groups is 1. The van der Waals surface area contributed by atoms with Crippen molar-refractivity contribution in [3.8, 4) is 5.69 Å². The van der Waals surface area contributed by atoms with Gasteiger partial charge >= 0.3 is 0 Å². The van der Waals surface area contributed by atoms with E-state index >= 15 is 0 Å². The number of carbonyl (C=O) groups excluding carboxylic acids is 1. The normalized spacial score (nSPS) is 10.5. The Hall–Kier alpha value is -0.940. The lowest BCUT2D eigenvalue weighted by molar-refractivity contribution is 0.102. The van der Waals surface area contributed by atoms with E-state index in [1.54, 1.807) is 6.33 Å². The van der Waals surface area contributed by atoms with Gasteiger partial charge in [-0.1, -0.05) is 15.9 Å². The van der Waals surface area contributed by atoms with Gasteiger partial charge in [-0.2, -0.15) is 0 Å². The van der Waals surface area contributed by atoms with Crippen LogP contribution in [0, 0.1) is 6.92 Å². The molecule has 0 aliphatic rings. The average Bonchev–Trinajstić information content (AvgIpc) is 2.74. The van der Waals surface area contributed by atoms with Crippen molar-refractivity contribution in [1.82, 2.24) is 9.55 Å². The number of nitrogens with zero attached hydrogens (tertiary/aromatic N) is 2. The quantitative estimate of drug-likeness (QED) is 0.622. The summed E-state index contributed by atoms with van der Waals surface area (Å²) in [6.07, 6.45) is 3.69. The minimum Gasteiger partial charge on any atom is -0.305 e. The molecule has 1 aromatic carbocycles. The van der Waals surface area contributed by atoms with Crippen molar-refractivity contribution in [2.24, 2.45) is 0 Å². The molecule has 5 heteroatoms. The first-order chi connectivity index (χ1) is 8.11. The molecule has 0 N–H and O–H groups in total. The third-order valence-corrected chi connectivity index (χ3v) is 3.53. The number of imidazole rings is 1. The topological polar surface area (TPSA) is 34.9 Å². The molecular formula is C12H10Br2N2O. The zero-order valence-corrected chi connectivity index (χ0v) is 12.3. The molecule has 0 fully saturated rings. The molecule has 2 rings (SSSR count). The summed E-state index contributed by atoms with van der Waals surface area (Å²) >= 11 is 6.64. The molecular weight excluding hydrogens is 348 g/mol. The smallest absolute Gasteiger partial charge is 0.173 e. The highest BCUT2D eigenvalue weighted by atomic mass is 79.9. The Morgan fingerprint density at radius 2 is 2.24 bits per heavy atom. The monoisotopic (exact) mass is 356 g/mol. The van der Waals surface area contributed by atoms with Gasteiger partial charge in [0.25, 0.3) is 0 Å². The first-order valence-electron chi connectivity index (χ1n) is 5.01. The van der Waals surface area contributed by atoms with Crippen molar-refractivity contribution in [2.75, 3.05) is 5.33 Å². The molecule has 3 nitrogen and oxygen atoms in total. The van der Waals surface area contributed by atoms with Crippen LogP contribution in [-0.2, 0) is 0 Å². The Labute approximate surface area is 116 Å². The lowest BCUT2D eigenvalue weighted by Crippen LogP contribution is -2.01. The van der Waals surface area contributed by atoms with Gasteiger partial charge in [0, 0.05) is 16.2 Å². The number of alkyl halides is 1. The van der Waals surface area contributed by atoms with Crippen molar-refractivity contribution >= 4 is 37.6 Å². The Kier molecular flexibility index (Phi) is 3.79. The summed E-state index contributed by atoms with van der Waals surface area (Å²) in [5, 5.41) is 0.336. The van der Waals surface area contributed by atoms with E-state index in [2.05, 4.69) is 36.8 Å². The van der Waals surface area contributed by atoms with Gasteiger partial charge in [0.1, 0.15) is 0 Å². The summed E-state index contributed by atoms with van der Waals surface area (Å²) < 4.78 is 2.80. The van der Waals surface area contributed by atoms with Crippen molar-refractivity contribution in [1.29, 1.82) is 0 Å². The number of Topliss-reactive ketones (excluding diaryl/α,β-unsaturated/α-hetero) is 1. The molecule has 88 valence electrons. The van der Waals surface area contributed by atoms with Crippen molar-refractivity contribution in [3.63, 3.8) is 0 Å². The Morgan fingerprint density at radius 3 is 2.76 bits per heavy atom. The molecule has 1 heterocycles. The van der Waals surface area contributed by atoms with E-state index in [-0.39, 0.29) is 5.78 Å². The van der Waals surface area contributed by atoms with Gasteiger partial charge in [0.05, 0.1) is 23.0 Å². The van der Waals surface area contributed by atoms with Crippen LogP contribution in [0.5, 0.6) is 0 Å². The van der Waals surface area contributed by atoms with E-state index in [0.717, 1.165) is 15.9 Å². The molecule has 0 bridgehead atoms. The summed E-state index contributed by atoms with van der Waals surface area (Å²) in [5.41, 5.74) is 2.61. The number of hydrogen-bond donors (Lipinski definition) is 0. The molecule has 0 atom stereocenters. The van der Waals surface area contributed by atoms with E-state index in [0.29, 0.717) is 10.9 Å². The van der Waals surface area contributed by atoms with Gasteiger partial charge in [-0.3, -0.25) is 4.79 Å². The summed E-state index contributed by atoms with van der Waals surface area (Å²) in [4.78, 5) is 15.7. The molecule has 1 aromatic heterocycles. The summed E-state index contributed by atoms with van der Waals surface area (Å²) in [7, 11) is 0. The maximum Gasteiger partial charge on any atom is 0.173 e. The first-order valence-corrected chi connectivity index (χ1v) is 6.93. The van der Waals surface area contributed by atoms with Gasteiger partial charge in [-0.15, -0.1) is 0 Å². The van der Waals surface area contributed by atoms with E-state index in [4.69, 9.17) is 0 Å². The van der Waals surface area contributed by atoms with Gasteiger partial charge in [-0.05, 0) is 41.1 Å². The second-order valence-corrected chi connectivity index (χ2v) is 5.06. The molecule has 0 saturated heterocycles. The third kappa shape index (κ3) is 2.66. The SMILES string of the molecule is Cc1cn(-c2ccc(C(=O)CBr)cc2Br)cn1. The van der Waals surface area contributed by atoms with Crippen molar-refractivity contribution in [3.05, 3.63) is 46.5 Å². The van der Waals surface area contributed by atoms with Crippen LogP contribution in [0.25, 0.3) is 5.69 Å². The molecule has 0 amide bonds. The molecule has 2 aromatic rings. The zero-order valence-electron chi connectivity index (χ0n) is 9.15. The van der Waals surface area contributed by atoms with Crippen LogP contribution in [0.1, 0.15) is 16.1 Å². The van der Waals surface area contributed by atoms with Gasteiger partial charge in [-0.25, -0.2) is 4.98 Å². The second kappa shape index (κ2) is 5.14. The predicted octanol–water partition coefficient (Wildman–Crippen LogP) is 3.52. The maximum atomic E-state index is 11.5. The Morgan fingerprint density at radius 1 is 1.47 bits per heavy atom. The summed E-state index contributed by atoms with van der Waals surface area (Å²) in [6, 6.07) is 5.55. The standard InChI is InChI=1S/C12H10Br2N2O/c1-8-6-16(7-15-8)11-3-2-9(4-10(11)14)12(17)5-13/h2-4,6-7H,5H2,1H3.